The molecule has 43 heavy (non-hydrogen) atoms. The zero-order valence-corrected chi connectivity index (χ0v) is 27.2. The molecule has 0 aliphatic rings. The number of pyridine rings is 2. The van der Waals surface area contributed by atoms with Crippen LogP contribution in [-0.4, -0.2) is 43.8 Å². The fraction of sp³-hybridized carbons (Fsp3) is 0.444. The molecule has 5 rings (SSSR count). The van der Waals surface area contributed by atoms with Crippen LogP contribution in [0.15, 0.2) is 49.1 Å². The standard InChI is InChI=1S/C36H46N6O/c1-21(2)18-42(19-22(3)4)35(43)36(8,9)28-15-29-31(25(7)13-26-14-30-34(37-16-26)40-20-39-30)32(41-33(29)38-17-28)27-11-23(5)10-24(6)12-27/h10-12,14-17,20-22,25H,13,18-19H2,1-9H3,(H,38,41)(H,37,39,40)/p+1. The number of carbonyl (C=O) groups is 1. The summed E-state index contributed by atoms with van der Waals surface area (Å²) < 4.78 is 0. The fourth-order valence-corrected chi connectivity index (χ4v) is 6.41. The Hall–Kier alpha value is -4.00. The van der Waals surface area contributed by atoms with Gasteiger partial charge in [-0.05, 0) is 98.4 Å². The first-order valence-electron chi connectivity index (χ1n) is 15.6. The van der Waals surface area contributed by atoms with Crippen molar-refractivity contribution in [3.05, 3.63) is 76.9 Å². The van der Waals surface area contributed by atoms with Gasteiger partial charge in [-0.2, -0.15) is 0 Å². The lowest BCUT2D eigenvalue weighted by Crippen LogP contribution is -2.46. The number of H-pyrrole nitrogens is 3. The van der Waals surface area contributed by atoms with E-state index >= 15 is 0 Å². The summed E-state index contributed by atoms with van der Waals surface area (Å²) in [7, 11) is 0. The van der Waals surface area contributed by atoms with Crippen LogP contribution in [0.25, 0.3) is 33.5 Å². The van der Waals surface area contributed by atoms with Gasteiger partial charge in [-0.25, -0.2) is 9.97 Å². The SMILES string of the molecule is Cc1cc(C)cc(-c2[nH]c3ncc(C(C)(C)C(=O)N(CC(C)C)CC(C)C)cc3c2C(C)Cc2cnc3[nH+]c[nH]c3c2)c1. The highest BCUT2D eigenvalue weighted by atomic mass is 16.2. The molecule has 0 aliphatic heterocycles. The summed E-state index contributed by atoms with van der Waals surface area (Å²) in [6, 6.07) is 11.1. The third-order valence-corrected chi connectivity index (χ3v) is 8.33. The molecule has 4 aromatic heterocycles. The Morgan fingerprint density at radius 3 is 2.26 bits per heavy atom. The Morgan fingerprint density at radius 2 is 1.60 bits per heavy atom. The molecule has 1 atom stereocenters. The van der Waals surface area contributed by atoms with Gasteiger partial charge in [0.2, 0.25) is 5.91 Å². The zero-order valence-electron chi connectivity index (χ0n) is 27.2. The second kappa shape index (κ2) is 11.9. The molecule has 7 nitrogen and oxygen atoms in total. The lowest BCUT2D eigenvalue weighted by molar-refractivity contribution is -0.347. The molecule has 0 saturated heterocycles. The first-order chi connectivity index (χ1) is 20.3. The molecule has 0 bridgehead atoms. The number of hydrogen-bond donors (Lipinski definition) is 2. The number of nitrogens with zero attached hydrogens (tertiary/aromatic N) is 3. The number of aromatic nitrogens is 5. The van der Waals surface area contributed by atoms with Crippen LogP contribution in [0.3, 0.4) is 0 Å². The average Bonchev–Trinajstić information content (AvgIpc) is 3.55. The summed E-state index contributed by atoms with van der Waals surface area (Å²) in [6.45, 7) is 20.8. The Morgan fingerprint density at radius 1 is 0.930 bits per heavy atom. The van der Waals surface area contributed by atoms with Gasteiger partial charge < -0.3 is 9.88 Å². The van der Waals surface area contributed by atoms with E-state index in [4.69, 9.17) is 4.98 Å². The van der Waals surface area contributed by atoms with Crippen molar-refractivity contribution in [2.75, 3.05) is 13.1 Å². The first kappa shape index (κ1) is 30.5. The number of fused-ring (bicyclic) bond motifs is 2. The molecule has 0 fully saturated rings. The van der Waals surface area contributed by atoms with Gasteiger partial charge in [0.15, 0.2) is 11.8 Å². The summed E-state index contributed by atoms with van der Waals surface area (Å²) in [5.41, 5.74) is 9.98. The van der Waals surface area contributed by atoms with E-state index in [2.05, 4.69) is 98.7 Å². The van der Waals surface area contributed by atoms with Crippen molar-refractivity contribution in [3.8, 4) is 11.3 Å². The predicted octanol–water partition coefficient (Wildman–Crippen LogP) is 7.30. The van der Waals surface area contributed by atoms with Crippen LogP contribution < -0.4 is 4.98 Å². The van der Waals surface area contributed by atoms with Crippen LogP contribution in [0.2, 0.25) is 0 Å². The molecule has 226 valence electrons. The van der Waals surface area contributed by atoms with Gasteiger partial charge in [-0.15, -0.1) is 4.98 Å². The largest absolute Gasteiger partial charge is 0.341 e. The van der Waals surface area contributed by atoms with Gasteiger partial charge in [-0.1, -0.05) is 51.8 Å². The van der Waals surface area contributed by atoms with E-state index in [0.29, 0.717) is 11.8 Å². The molecule has 1 amide bonds. The molecule has 3 N–H and O–H groups in total. The minimum absolute atomic E-state index is 0.151. The topological polar surface area (TPSA) is 91.8 Å². The number of aromatic amines is 3. The summed E-state index contributed by atoms with van der Waals surface area (Å²) >= 11 is 0. The highest BCUT2D eigenvalue weighted by Crippen LogP contribution is 2.39. The van der Waals surface area contributed by atoms with E-state index in [1.807, 2.05) is 37.5 Å². The van der Waals surface area contributed by atoms with Crippen LogP contribution in [0, 0.1) is 25.7 Å². The smallest absolute Gasteiger partial charge is 0.299 e. The monoisotopic (exact) mass is 579 g/mol. The maximum absolute atomic E-state index is 14.1. The molecule has 0 spiro atoms. The molecule has 1 unspecified atom stereocenters. The van der Waals surface area contributed by atoms with Crippen molar-refractivity contribution >= 4 is 28.1 Å². The minimum atomic E-state index is -0.720. The van der Waals surface area contributed by atoms with Crippen LogP contribution in [0.4, 0.5) is 0 Å². The third kappa shape index (κ3) is 6.36. The average molecular weight is 580 g/mol. The van der Waals surface area contributed by atoms with E-state index in [1.54, 1.807) is 0 Å². The Bertz CT molecular complexity index is 1730. The Balaban J connectivity index is 1.62. The van der Waals surface area contributed by atoms with Crippen molar-refractivity contribution < 1.29 is 9.78 Å². The molecular weight excluding hydrogens is 532 g/mol. The number of amides is 1. The Labute approximate surface area is 255 Å². The van der Waals surface area contributed by atoms with Gasteiger partial charge in [0.25, 0.3) is 5.65 Å². The molecule has 0 radical (unpaired) electrons. The van der Waals surface area contributed by atoms with Crippen molar-refractivity contribution in [3.63, 3.8) is 0 Å². The summed E-state index contributed by atoms with van der Waals surface area (Å²) in [5, 5.41) is 1.07. The number of nitrogens with one attached hydrogen (secondary N) is 3. The first-order valence-corrected chi connectivity index (χ1v) is 15.6. The lowest BCUT2D eigenvalue weighted by Gasteiger charge is -2.34. The van der Waals surface area contributed by atoms with E-state index in [9.17, 15) is 4.79 Å². The van der Waals surface area contributed by atoms with Crippen LogP contribution in [-0.2, 0) is 16.6 Å². The second-order valence-corrected chi connectivity index (χ2v) is 13.8. The van der Waals surface area contributed by atoms with Gasteiger partial charge >= 0.3 is 0 Å². The minimum Gasteiger partial charge on any atom is -0.341 e. The molecule has 0 saturated carbocycles. The number of imidazole rings is 1. The summed E-state index contributed by atoms with van der Waals surface area (Å²) in [6.07, 6.45) is 6.47. The van der Waals surface area contributed by atoms with Crippen LogP contribution >= 0.6 is 0 Å². The molecule has 0 aliphatic carbocycles. The van der Waals surface area contributed by atoms with E-state index in [1.165, 1.54) is 16.7 Å². The maximum atomic E-state index is 14.1. The zero-order chi connectivity index (χ0) is 31.1. The fourth-order valence-electron chi connectivity index (χ4n) is 6.41. The summed E-state index contributed by atoms with van der Waals surface area (Å²) in [4.78, 5) is 35.8. The van der Waals surface area contributed by atoms with Gasteiger partial charge in [0, 0.05) is 24.7 Å². The highest BCUT2D eigenvalue weighted by molar-refractivity contribution is 5.92. The van der Waals surface area contributed by atoms with Crippen molar-refractivity contribution in [1.82, 2.24) is 24.8 Å². The van der Waals surface area contributed by atoms with Crippen molar-refractivity contribution in [2.45, 2.75) is 80.1 Å². The van der Waals surface area contributed by atoms with Crippen molar-refractivity contribution in [2.24, 2.45) is 11.8 Å². The van der Waals surface area contributed by atoms with Crippen molar-refractivity contribution in [1.29, 1.82) is 0 Å². The summed E-state index contributed by atoms with van der Waals surface area (Å²) in [5.74, 6) is 1.11. The number of rotatable bonds is 10. The molecule has 4 heterocycles. The normalized spacial score (nSPS) is 13.0. The van der Waals surface area contributed by atoms with Gasteiger partial charge in [0.1, 0.15) is 11.8 Å². The van der Waals surface area contributed by atoms with E-state index in [-0.39, 0.29) is 11.8 Å². The van der Waals surface area contributed by atoms with Crippen LogP contribution in [0.1, 0.15) is 82.2 Å². The van der Waals surface area contributed by atoms with Gasteiger partial charge in [0.05, 0.1) is 11.1 Å². The number of aryl methyl sites for hydroxylation is 2. The molecule has 7 heteroatoms. The number of benzene rings is 1. The number of carbonyl (C=O) groups excluding carboxylic acids is 1. The molecular formula is C36H47N6O+. The molecule has 5 aromatic rings. The molecule has 1 aromatic carbocycles. The van der Waals surface area contributed by atoms with E-state index in [0.717, 1.165) is 64.1 Å². The number of hydrogen-bond acceptors (Lipinski definition) is 3. The lowest BCUT2D eigenvalue weighted by atomic mass is 9.82. The predicted molar refractivity (Wildman–Crippen MR) is 175 cm³/mol. The quantitative estimate of drug-likeness (QED) is 0.182. The third-order valence-electron chi connectivity index (χ3n) is 8.33. The van der Waals surface area contributed by atoms with E-state index < -0.39 is 5.41 Å². The highest BCUT2D eigenvalue weighted by Gasteiger charge is 2.35. The second-order valence-electron chi connectivity index (χ2n) is 13.8. The van der Waals surface area contributed by atoms with Crippen LogP contribution in [0.5, 0.6) is 0 Å². The Kier molecular flexibility index (Phi) is 8.46. The maximum Gasteiger partial charge on any atom is 0.299 e. The van der Waals surface area contributed by atoms with Gasteiger partial charge in [-0.3, -0.25) is 9.78 Å².